The van der Waals surface area contributed by atoms with Crippen LogP contribution in [0.1, 0.15) is 73.1 Å². The number of hydrogen-bond donors (Lipinski definition) is 0. The summed E-state index contributed by atoms with van der Waals surface area (Å²) in [5.41, 5.74) is 1.29. The fourth-order valence-electron chi connectivity index (χ4n) is 8.31. The zero-order valence-electron chi connectivity index (χ0n) is 18.5. The van der Waals surface area contributed by atoms with Gasteiger partial charge in [-0.25, -0.2) is 0 Å². The van der Waals surface area contributed by atoms with Gasteiger partial charge in [0.2, 0.25) is 0 Å². The molecule has 7 atom stereocenters. The Labute approximate surface area is 174 Å². The maximum Gasteiger partial charge on any atom is 0.164 e. The Balaban J connectivity index is 1.57. The molecule has 0 aromatic carbocycles. The van der Waals surface area contributed by atoms with Gasteiger partial charge in [0.15, 0.2) is 23.0 Å². The number of rotatable bonds is 1. The second-order valence-corrected chi connectivity index (χ2v) is 11.2. The number of ketones is 2. The van der Waals surface area contributed by atoms with E-state index in [1.807, 2.05) is 19.9 Å². The summed E-state index contributed by atoms with van der Waals surface area (Å²) in [6.07, 6.45) is 7.10. The third-order valence-electron chi connectivity index (χ3n) is 9.45. The minimum atomic E-state index is -0.840. The van der Waals surface area contributed by atoms with Crippen LogP contribution in [-0.4, -0.2) is 29.1 Å². The fraction of sp³-hybridized carbons (Fsp3) is 0.760. The Bertz CT molecular complexity index is 853. The molecule has 4 nitrogen and oxygen atoms in total. The first-order chi connectivity index (χ1) is 13.4. The Hall–Kier alpha value is -1.26. The van der Waals surface area contributed by atoms with E-state index in [1.54, 1.807) is 6.92 Å². The lowest BCUT2D eigenvalue weighted by Crippen LogP contribution is -2.60. The zero-order valence-corrected chi connectivity index (χ0v) is 18.5. The number of carbonyl (C=O) groups excluding carboxylic acids is 2. The van der Waals surface area contributed by atoms with Gasteiger partial charge in [0.05, 0.1) is 6.10 Å². The summed E-state index contributed by atoms with van der Waals surface area (Å²) < 4.78 is 12.8. The van der Waals surface area contributed by atoms with E-state index in [9.17, 15) is 9.59 Å². The fourth-order valence-corrected chi connectivity index (χ4v) is 8.31. The van der Waals surface area contributed by atoms with Gasteiger partial charge < -0.3 is 9.47 Å². The molecule has 4 aliphatic carbocycles. The molecule has 5 aliphatic rings. The predicted octanol–water partition coefficient (Wildman–Crippen LogP) is 4.77. The van der Waals surface area contributed by atoms with Gasteiger partial charge in [-0.2, -0.15) is 0 Å². The number of fused-ring (bicyclic) bond motifs is 7. The van der Waals surface area contributed by atoms with Gasteiger partial charge in [0.1, 0.15) is 0 Å². The van der Waals surface area contributed by atoms with Crippen LogP contribution in [0.25, 0.3) is 0 Å². The van der Waals surface area contributed by atoms with Gasteiger partial charge in [0, 0.05) is 11.8 Å². The molecule has 4 heteroatoms. The molecule has 158 valence electrons. The number of hydrogen-bond acceptors (Lipinski definition) is 4. The van der Waals surface area contributed by atoms with Gasteiger partial charge in [-0.15, -0.1) is 0 Å². The molecular formula is C25H34O4. The van der Waals surface area contributed by atoms with Crippen LogP contribution in [0.3, 0.4) is 0 Å². The average molecular weight is 399 g/mol. The van der Waals surface area contributed by atoms with Gasteiger partial charge >= 0.3 is 0 Å². The van der Waals surface area contributed by atoms with Gasteiger partial charge in [-0.05, 0) is 87.7 Å². The van der Waals surface area contributed by atoms with Crippen LogP contribution in [0.2, 0.25) is 0 Å². The van der Waals surface area contributed by atoms with Crippen molar-refractivity contribution in [2.75, 3.05) is 0 Å². The van der Waals surface area contributed by atoms with Crippen LogP contribution in [0.15, 0.2) is 23.8 Å². The highest BCUT2D eigenvalue weighted by Gasteiger charge is 2.75. The molecule has 0 radical (unpaired) electrons. The maximum atomic E-state index is 13.1. The highest BCUT2D eigenvalue weighted by molar-refractivity contribution is 5.92. The lowest BCUT2D eigenvalue weighted by Gasteiger charge is -2.59. The number of ether oxygens (including phenoxy) is 2. The smallest absolute Gasteiger partial charge is 0.164 e. The van der Waals surface area contributed by atoms with Crippen molar-refractivity contribution in [3.8, 4) is 0 Å². The van der Waals surface area contributed by atoms with Crippen LogP contribution in [0.5, 0.6) is 0 Å². The molecule has 1 aliphatic heterocycles. The van der Waals surface area contributed by atoms with Gasteiger partial charge in [0.25, 0.3) is 0 Å². The highest BCUT2D eigenvalue weighted by atomic mass is 16.8. The summed E-state index contributed by atoms with van der Waals surface area (Å²) >= 11 is 0. The van der Waals surface area contributed by atoms with Crippen LogP contribution in [0.4, 0.5) is 0 Å². The first kappa shape index (κ1) is 19.7. The van der Waals surface area contributed by atoms with E-state index in [0.717, 1.165) is 37.7 Å². The summed E-state index contributed by atoms with van der Waals surface area (Å²) in [5.74, 6) is 1.01. The van der Waals surface area contributed by atoms with E-state index in [1.165, 1.54) is 5.57 Å². The van der Waals surface area contributed by atoms with Crippen molar-refractivity contribution in [2.45, 2.75) is 90.6 Å². The molecular weight excluding hydrogens is 364 g/mol. The summed E-state index contributed by atoms with van der Waals surface area (Å²) in [6.45, 7) is 14.6. The molecule has 4 fully saturated rings. The van der Waals surface area contributed by atoms with Crippen LogP contribution < -0.4 is 0 Å². The first-order valence-electron chi connectivity index (χ1n) is 11.3. The van der Waals surface area contributed by atoms with E-state index in [2.05, 4.69) is 20.4 Å². The van der Waals surface area contributed by atoms with Crippen molar-refractivity contribution < 1.29 is 19.1 Å². The van der Waals surface area contributed by atoms with Crippen LogP contribution in [0, 0.1) is 28.6 Å². The number of allylic oxidation sites excluding steroid dienone is 2. The Morgan fingerprint density at radius 1 is 1.17 bits per heavy atom. The highest BCUT2D eigenvalue weighted by Crippen LogP contribution is 2.71. The molecule has 0 aromatic rings. The van der Waals surface area contributed by atoms with Crippen molar-refractivity contribution in [2.24, 2.45) is 28.6 Å². The van der Waals surface area contributed by atoms with E-state index in [4.69, 9.17) is 9.47 Å². The molecule has 1 heterocycles. The summed E-state index contributed by atoms with van der Waals surface area (Å²) in [5, 5.41) is 0. The summed E-state index contributed by atoms with van der Waals surface area (Å²) in [6, 6.07) is 0. The van der Waals surface area contributed by atoms with Crippen LogP contribution in [-0.2, 0) is 19.1 Å². The minimum Gasteiger partial charge on any atom is -0.344 e. The zero-order chi connectivity index (χ0) is 21.0. The molecule has 0 amide bonds. The van der Waals surface area contributed by atoms with Crippen molar-refractivity contribution in [1.29, 1.82) is 0 Å². The maximum absolute atomic E-state index is 13.1. The standard InChI is InChI=1S/C25H34O4/c1-14-11-17-18(23(5)9-7-16(27)12-19(14)23)8-10-24(6)20(17)13-21-25(24,15(2)26)29-22(3,4)28-21/h12,17-18,20-21H,1,7-11,13H2,2-6H3/t17-,18+,20+,21-,23-,24+,25-/m1/s1. The SMILES string of the molecule is C=C1C[C@@H]2[C@H](CC[C@@]3(C)[C@H]2C[C@H]2OC(C)(C)O[C@]23C(C)=O)[C@@]2(C)CCC(=O)C=C12. The van der Waals surface area contributed by atoms with Gasteiger partial charge in [-0.3, -0.25) is 9.59 Å². The molecule has 29 heavy (non-hydrogen) atoms. The monoisotopic (exact) mass is 398 g/mol. The molecule has 5 rings (SSSR count). The van der Waals surface area contributed by atoms with Crippen molar-refractivity contribution in [1.82, 2.24) is 0 Å². The molecule has 0 spiro atoms. The Morgan fingerprint density at radius 3 is 2.59 bits per heavy atom. The third-order valence-corrected chi connectivity index (χ3v) is 9.45. The predicted molar refractivity (Wildman–Crippen MR) is 110 cm³/mol. The summed E-state index contributed by atoms with van der Waals surface area (Å²) in [4.78, 5) is 25.2. The minimum absolute atomic E-state index is 0.0251. The molecule has 0 N–H and O–H groups in total. The van der Waals surface area contributed by atoms with Crippen LogP contribution >= 0.6 is 0 Å². The topological polar surface area (TPSA) is 52.6 Å². The first-order valence-corrected chi connectivity index (χ1v) is 11.3. The van der Waals surface area contributed by atoms with E-state index >= 15 is 0 Å². The normalized spacial score (nSPS) is 50.3. The lowest BCUT2D eigenvalue weighted by atomic mass is 9.45. The quantitative estimate of drug-likeness (QED) is 0.638. The Kier molecular flexibility index (Phi) is 3.87. The second-order valence-electron chi connectivity index (χ2n) is 11.2. The van der Waals surface area contributed by atoms with E-state index < -0.39 is 11.4 Å². The number of Topliss-reactive ketones (excluding diaryl/α,β-unsaturated/α-hetero) is 1. The molecule has 0 unspecified atom stereocenters. The molecule has 3 saturated carbocycles. The largest absolute Gasteiger partial charge is 0.344 e. The van der Waals surface area contributed by atoms with Crippen molar-refractivity contribution in [3.63, 3.8) is 0 Å². The lowest BCUT2D eigenvalue weighted by molar-refractivity contribution is -0.213. The van der Waals surface area contributed by atoms with E-state index in [0.29, 0.717) is 24.2 Å². The molecule has 0 aromatic heterocycles. The van der Waals surface area contributed by atoms with E-state index in [-0.39, 0.29) is 28.5 Å². The molecule has 0 bridgehead atoms. The second kappa shape index (κ2) is 5.70. The average Bonchev–Trinajstić information content (AvgIpc) is 3.03. The third kappa shape index (κ3) is 2.28. The van der Waals surface area contributed by atoms with Crippen molar-refractivity contribution in [3.05, 3.63) is 23.8 Å². The van der Waals surface area contributed by atoms with Gasteiger partial charge in [-0.1, -0.05) is 26.0 Å². The summed E-state index contributed by atoms with van der Waals surface area (Å²) in [7, 11) is 0. The van der Waals surface area contributed by atoms with Crippen molar-refractivity contribution >= 4 is 11.6 Å². The molecule has 1 saturated heterocycles. The Morgan fingerprint density at radius 2 is 1.90 bits per heavy atom. The number of carbonyl (C=O) groups is 2.